The van der Waals surface area contributed by atoms with E-state index in [1.54, 1.807) is 24.1 Å². The van der Waals surface area contributed by atoms with Gasteiger partial charge >= 0.3 is 0 Å². The quantitative estimate of drug-likeness (QED) is 0.942. The average molecular weight is 328 g/mol. The van der Waals surface area contributed by atoms with Crippen molar-refractivity contribution in [2.24, 2.45) is 5.92 Å². The van der Waals surface area contributed by atoms with E-state index < -0.39 is 5.82 Å². The Bertz CT molecular complexity index is 807. The van der Waals surface area contributed by atoms with Crippen molar-refractivity contribution in [1.82, 2.24) is 14.8 Å². The number of fused-ring (bicyclic) bond motifs is 1. The number of piperidine rings is 1. The Balaban J connectivity index is 1.79. The fourth-order valence-electron chi connectivity index (χ4n) is 3.50. The molecule has 6 heteroatoms. The highest BCUT2D eigenvalue weighted by Gasteiger charge is 2.22. The maximum atomic E-state index is 13.7. The Kier molecular flexibility index (Phi) is 4.54. The van der Waals surface area contributed by atoms with Gasteiger partial charge in [-0.1, -0.05) is 0 Å². The van der Waals surface area contributed by atoms with Gasteiger partial charge in [0.25, 0.3) is 5.91 Å². The van der Waals surface area contributed by atoms with Crippen molar-refractivity contribution < 1.29 is 9.18 Å². The number of carbonyl (C=O) groups excluding carboxylic acids is 1. The number of halogens is 1. The molecule has 0 radical (unpaired) electrons. The first kappa shape index (κ1) is 16.5. The molecule has 3 rings (SSSR count). The predicted molar refractivity (Wildman–Crippen MR) is 90.2 cm³/mol. The number of amides is 1. The van der Waals surface area contributed by atoms with E-state index in [9.17, 15) is 9.18 Å². The number of aromatic amines is 1. The van der Waals surface area contributed by atoms with Crippen molar-refractivity contribution >= 4 is 16.8 Å². The highest BCUT2D eigenvalue weighted by Crippen LogP contribution is 2.23. The minimum atomic E-state index is -0.568. The second kappa shape index (κ2) is 6.62. The number of nitrogens with zero attached hydrogens (tertiary/aromatic N) is 3. The summed E-state index contributed by atoms with van der Waals surface area (Å²) < 4.78 is 13.7. The molecule has 1 aliphatic heterocycles. The van der Waals surface area contributed by atoms with Crippen molar-refractivity contribution in [2.45, 2.75) is 12.8 Å². The number of rotatable bonds is 3. The van der Waals surface area contributed by atoms with E-state index in [1.165, 1.54) is 6.07 Å². The molecule has 24 heavy (non-hydrogen) atoms. The molecule has 1 fully saturated rings. The largest absolute Gasteiger partial charge is 0.350 e. The molecule has 1 N–H and O–H groups in total. The number of benzene rings is 1. The highest BCUT2D eigenvalue weighted by molar-refractivity contribution is 5.99. The molecular weight excluding hydrogens is 307 g/mol. The molecule has 1 aromatic heterocycles. The van der Waals surface area contributed by atoms with Crippen LogP contribution in [-0.2, 0) is 0 Å². The van der Waals surface area contributed by atoms with E-state index in [0.29, 0.717) is 29.1 Å². The third-order valence-electron chi connectivity index (χ3n) is 4.70. The molecular formula is C18H21FN4O. The lowest BCUT2D eigenvalue weighted by atomic mass is 9.98. The lowest BCUT2D eigenvalue weighted by Gasteiger charge is -2.32. The minimum absolute atomic E-state index is 0.0284. The van der Waals surface area contributed by atoms with Crippen molar-refractivity contribution in [3.63, 3.8) is 0 Å². The molecule has 2 heterocycles. The number of H-pyrrole nitrogens is 1. The summed E-state index contributed by atoms with van der Waals surface area (Å²) in [7, 11) is 3.89. The lowest BCUT2D eigenvalue weighted by Crippen LogP contribution is -2.40. The SMILES string of the molecule is CN1CCCC(CN(C)C(=O)c2cc3c(C#N)c(F)ccc3[nH]2)C1. The predicted octanol–water partition coefficient (Wildman–Crippen LogP) is 2.59. The molecule has 2 aromatic rings. The summed E-state index contributed by atoms with van der Waals surface area (Å²) in [5.41, 5.74) is 0.959. The van der Waals surface area contributed by atoms with Gasteiger partial charge in [-0.05, 0) is 50.6 Å². The summed E-state index contributed by atoms with van der Waals surface area (Å²) in [6.07, 6.45) is 2.28. The third kappa shape index (κ3) is 3.13. The summed E-state index contributed by atoms with van der Waals surface area (Å²) in [5.74, 6) is -0.237. The zero-order chi connectivity index (χ0) is 17.3. The fourth-order valence-corrected chi connectivity index (χ4v) is 3.50. The summed E-state index contributed by atoms with van der Waals surface area (Å²) in [6, 6.07) is 6.23. The molecule has 1 aromatic carbocycles. The number of hydrogen-bond acceptors (Lipinski definition) is 3. The molecule has 1 saturated heterocycles. The number of nitrogens with one attached hydrogen (secondary N) is 1. The van der Waals surface area contributed by atoms with E-state index in [-0.39, 0.29) is 11.5 Å². The summed E-state index contributed by atoms with van der Waals surface area (Å²) in [6.45, 7) is 2.80. The summed E-state index contributed by atoms with van der Waals surface area (Å²) in [5, 5.41) is 9.56. The van der Waals surface area contributed by atoms with Crippen LogP contribution in [0.1, 0.15) is 28.9 Å². The first-order chi connectivity index (χ1) is 11.5. The van der Waals surface area contributed by atoms with Gasteiger partial charge in [-0.3, -0.25) is 4.79 Å². The highest BCUT2D eigenvalue weighted by atomic mass is 19.1. The molecule has 1 amide bonds. The second-order valence-electron chi connectivity index (χ2n) is 6.63. The molecule has 1 aliphatic rings. The zero-order valence-electron chi connectivity index (χ0n) is 14.0. The Morgan fingerprint density at radius 2 is 2.33 bits per heavy atom. The molecule has 0 spiro atoms. The smallest absolute Gasteiger partial charge is 0.270 e. The van der Waals surface area contributed by atoms with E-state index in [1.807, 2.05) is 6.07 Å². The van der Waals surface area contributed by atoms with E-state index in [0.717, 1.165) is 25.9 Å². The zero-order valence-corrected chi connectivity index (χ0v) is 14.0. The number of likely N-dealkylation sites (tertiary alicyclic amines) is 1. The molecule has 0 bridgehead atoms. The van der Waals surface area contributed by atoms with Crippen LogP contribution in [0.5, 0.6) is 0 Å². The van der Waals surface area contributed by atoms with Crippen LogP contribution in [0.15, 0.2) is 18.2 Å². The third-order valence-corrected chi connectivity index (χ3v) is 4.70. The van der Waals surface area contributed by atoms with Crippen LogP contribution in [0.2, 0.25) is 0 Å². The topological polar surface area (TPSA) is 63.1 Å². The van der Waals surface area contributed by atoms with Gasteiger partial charge < -0.3 is 14.8 Å². The Hall–Kier alpha value is -2.39. The molecule has 126 valence electrons. The van der Waals surface area contributed by atoms with Crippen LogP contribution in [0.4, 0.5) is 4.39 Å². The van der Waals surface area contributed by atoms with E-state index in [4.69, 9.17) is 5.26 Å². The monoisotopic (exact) mass is 328 g/mol. The summed E-state index contributed by atoms with van der Waals surface area (Å²) >= 11 is 0. The standard InChI is InChI=1S/C18H21FN4O/c1-22-7-3-4-12(10-22)11-23(2)18(24)17-8-13-14(9-20)15(19)5-6-16(13)21-17/h5-6,8,12,21H,3-4,7,10-11H2,1-2H3. The normalized spacial score (nSPS) is 18.5. The summed E-state index contributed by atoms with van der Waals surface area (Å²) in [4.78, 5) is 19.7. The van der Waals surface area contributed by atoms with E-state index in [2.05, 4.69) is 16.9 Å². The van der Waals surface area contributed by atoms with Gasteiger partial charge in [-0.2, -0.15) is 5.26 Å². The van der Waals surface area contributed by atoms with Crippen molar-refractivity contribution in [3.8, 4) is 6.07 Å². The van der Waals surface area contributed by atoms with Crippen molar-refractivity contribution in [2.75, 3.05) is 33.7 Å². The lowest BCUT2D eigenvalue weighted by molar-refractivity contribution is 0.0736. The van der Waals surface area contributed by atoms with Crippen molar-refractivity contribution in [3.05, 3.63) is 35.3 Å². The van der Waals surface area contributed by atoms with E-state index >= 15 is 0 Å². The minimum Gasteiger partial charge on any atom is -0.350 e. The van der Waals surface area contributed by atoms with Gasteiger partial charge in [0.2, 0.25) is 0 Å². The Morgan fingerprint density at radius 3 is 3.04 bits per heavy atom. The first-order valence-electron chi connectivity index (χ1n) is 8.15. The Morgan fingerprint density at radius 1 is 1.54 bits per heavy atom. The average Bonchev–Trinajstić information content (AvgIpc) is 2.98. The number of hydrogen-bond donors (Lipinski definition) is 1. The van der Waals surface area contributed by atoms with Crippen LogP contribution in [0.3, 0.4) is 0 Å². The van der Waals surface area contributed by atoms with Gasteiger partial charge in [-0.25, -0.2) is 4.39 Å². The second-order valence-corrected chi connectivity index (χ2v) is 6.63. The first-order valence-corrected chi connectivity index (χ1v) is 8.15. The molecule has 5 nitrogen and oxygen atoms in total. The van der Waals surface area contributed by atoms with Gasteiger partial charge in [0.15, 0.2) is 0 Å². The van der Waals surface area contributed by atoms with Gasteiger partial charge in [-0.15, -0.1) is 0 Å². The molecule has 1 unspecified atom stereocenters. The molecule has 0 aliphatic carbocycles. The van der Waals surface area contributed by atoms with Crippen LogP contribution in [0.25, 0.3) is 10.9 Å². The van der Waals surface area contributed by atoms with Crippen LogP contribution in [-0.4, -0.2) is 54.4 Å². The van der Waals surface area contributed by atoms with Crippen LogP contribution >= 0.6 is 0 Å². The van der Waals surface area contributed by atoms with Crippen LogP contribution in [0, 0.1) is 23.1 Å². The number of aromatic nitrogens is 1. The fraction of sp³-hybridized carbons (Fsp3) is 0.444. The maximum Gasteiger partial charge on any atom is 0.270 e. The molecule has 1 atom stereocenters. The molecule has 0 saturated carbocycles. The Labute approximate surface area is 140 Å². The number of nitriles is 1. The van der Waals surface area contributed by atoms with Crippen LogP contribution < -0.4 is 0 Å². The number of carbonyl (C=O) groups is 1. The maximum absolute atomic E-state index is 13.7. The van der Waals surface area contributed by atoms with Crippen molar-refractivity contribution in [1.29, 1.82) is 5.26 Å². The van der Waals surface area contributed by atoms with Gasteiger partial charge in [0.1, 0.15) is 17.6 Å². The van der Waals surface area contributed by atoms with Gasteiger partial charge in [0, 0.05) is 31.0 Å². The van der Waals surface area contributed by atoms with Gasteiger partial charge in [0.05, 0.1) is 5.56 Å².